The van der Waals surface area contributed by atoms with Crippen LogP contribution in [0.25, 0.3) is 0 Å². The maximum atomic E-state index is 9.34. The van der Waals surface area contributed by atoms with E-state index in [1.165, 1.54) is 0 Å². The summed E-state index contributed by atoms with van der Waals surface area (Å²) in [4.78, 5) is 0. The summed E-state index contributed by atoms with van der Waals surface area (Å²) < 4.78 is 4.77. The molecule has 0 fully saturated rings. The number of hydrogen-bond donors (Lipinski definition) is 1. The molecule has 0 aliphatic carbocycles. The molecule has 0 atom stereocenters. The van der Waals surface area contributed by atoms with E-state index in [0.29, 0.717) is 5.75 Å². The highest BCUT2D eigenvalue weighted by molar-refractivity contribution is 5.41. The molecule has 0 bridgehead atoms. The Morgan fingerprint density at radius 3 is 1.89 bits per heavy atom. The highest BCUT2D eigenvalue weighted by atomic mass is 16.5. The van der Waals surface area contributed by atoms with Crippen LogP contribution in [-0.2, 0) is 5.41 Å². The van der Waals surface area contributed by atoms with Crippen LogP contribution in [0.4, 0.5) is 0 Å². The normalized spacial score (nSPS) is 10.8. The van der Waals surface area contributed by atoms with Gasteiger partial charge in [-0.15, -0.1) is 5.26 Å². The van der Waals surface area contributed by atoms with Crippen LogP contribution in [-0.4, -0.2) is 5.11 Å². The van der Waals surface area contributed by atoms with Gasteiger partial charge in [-0.25, -0.2) is 0 Å². The summed E-state index contributed by atoms with van der Waals surface area (Å²) >= 11 is 0. The van der Waals surface area contributed by atoms with E-state index >= 15 is 0 Å². The van der Waals surface area contributed by atoms with Gasteiger partial charge in [0.1, 0.15) is 11.5 Å². The van der Waals surface area contributed by atoms with E-state index in [0.717, 1.165) is 11.1 Å². The molecule has 2 aromatic rings. The molecule has 0 saturated carbocycles. The fraction of sp³-hybridized carbons (Fsp3) is 0.188. The summed E-state index contributed by atoms with van der Waals surface area (Å²) in [5.74, 6) is 0.796. The van der Waals surface area contributed by atoms with Gasteiger partial charge in [-0.2, -0.15) is 0 Å². The summed E-state index contributed by atoms with van der Waals surface area (Å²) in [6.45, 7) is 4.22. The highest BCUT2D eigenvalue weighted by Crippen LogP contribution is 2.33. The van der Waals surface area contributed by atoms with E-state index in [1.807, 2.05) is 24.3 Å². The molecule has 0 aliphatic heterocycles. The molecule has 2 rings (SSSR count). The summed E-state index contributed by atoms with van der Waals surface area (Å²) in [5, 5.41) is 17.8. The molecule has 0 amide bonds. The van der Waals surface area contributed by atoms with Gasteiger partial charge in [0.25, 0.3) is 6.26 Å². The van der Waals surface area contributed by atoms with Crippen molar-refractivity contribution in [3.63, 3.8) is 0 Å². The van der Waals surface area contributed by atoms with Gasteiger partial charge in [0.2, 0.25) is 0 Å². The summed E-state index contributed by atoms with van der Waals surface area (Å²) in [5.41, 5.74) is 2.04. The van der Waals surface area contributed by atoms with Gasteiger partial charge in [0, 0.05) is 5.41 Å². The standard InChI is InChI=1S/C16H15NO2/c1-16(2,12-3-7-14(18)8-4-12)13-5-9-15(10-6-13)19-11-17/h3-10,18H,1-2H3. The number of nitrogens with zero attached hydrogens (tertiary/aromatic N) is 1. The van der Waals surface area contributed by atoms with E-state index in [9.17, 15) is 5.11 Å². The first kappa shape index (κ1) is 13.0. The van der Waals surface area contributed by atoms with Gasteiger partial charge in [-0.3, -0.25) is 0 Å². The van der Waals surface area contributed by atoms with Crippen molar-refractivity contribution >= 4 is 0 Å². The molecular weight excluding hydrogens is 238 g/mol. The average molecular weight is 253 g/mol. The Kier molecular flexibility index (Phi) is 3.43. The van der Waals surface area contributed by atoms with Gasteiger partial charge in [0.05, 0.1) is 0 Å². The number of ether oxygens (including phenoxy) is 1. The topological polar surface area (TPSA) is 53.2 Å². The summed E-state index contributed by atoms with van der Waals surface area (Å²) in [7, 11) is 0. The van der Waals surface area contributed by atoms with Gasteiger partial charge in [-0.05, 0) is 35.4 Å². The summed E-state index contributed by atoms with van der Waals surface area (Å²) in [6, 6.07) is 14.6. The Labute approximate surface area is 112 Å². The van der Waals surface area contributed by atoms with Crippen molar-refractivity contribution in [2.24, 2.45) is 0 Å². The van der Waals surface area contributed by atoms with Crippen molar-refractivity contribution in [1.82, 2.24) is 0 Å². The lowest BCUT2D eigenvalue weighted by Crippen LogP contribution is -2.18. The smallest absolute Gasteiger partial charge is 0.292 e. The van der Waals surface area contributed by atoms with Crippen LogP contribution in [0, 0.1) is 11.5 Å². The minimum atomic E-state index is -0.182. The second-order valence-corrected chi connectivity index (χ2v) is 4.89. The second kappa shape index (κ2) is 5.03. The van der Waals surface area contributed by atoms with E-state index in [2.05, 4.69) is 13.8 Å². The molecule has 96 valence electrons. The molecule has 2 aromatic carbocycles. The summed E-state index contributed by atoms with van der Waals surface area (Å²) in [6.07, 6.45) is 1.65. The lowest BCUT2D eigenvalue weighted by Gasteiger charge is -2.26. The predicted octanol–water partition coefficient (Wildman–Crippen LogP) is 3.58. The zero-order valence-corrected chi connectivity index (χ0v) is 10.9. The minimum absolute atomic E-state index is 0.182. The van der Waals surface area contributed by atoms with Crippen LogP contribution in [0.15, 0.2) is 48.5 Å². The quantitative estimate of drug-likeness (QED) is 0.851. The van der Waals surface area contributed by atoms with Crippen molar-refractivity contribution < 1.29 is 9.84 Å². The Hall–Kier alpha value is -2.47. The first-order valence-electron chi connectivity index (χ1n) is 6.00. The van der Waals surface area contributed by atoms with E-state index in [4.69, 9.17) is 10.00 Å². The second-order valence-electron chi connectivity index (χ2n) is 4.89. The van der Waals surface area contributed by atoms with Crippen LogP contribution in [0.1, 0.15) is 25.0 Å². The van der Waals surface area contributed by atoms with Crippen molar-refractivity contribution in [3.05, 3.63) is 59.7 Å². The maximum Gasteiger partial charge on any atom is 0.292 e. The Balaban J connectivity index is 2.33. The molecule has 0 heterocycles. The molecule has 0 aliphatic rings. The fourth-order valence-electron chi connectivity index (χ4n) is 2.04. The molecule has 19 heavy (non-hydrogen) atoms. The van der Waals surface area contributed by atoms with Crippen LogP contribution in [0.5, 0.6) is 11.5 Å². The number of benzene rings is 2. The van der Waals surface area contributed by atoms with Gasteiger partial charge in [-0.1, -0.05) is 38.1 Å². The molecule has 0 radical (unpaired) electrons. The van der Waals surface area contributed by atoms with Gasteiger partial charge in [0.15, 0.2) is 0 Å². The Bertz CT molecular complexity index is 592. The van der Waals surface area contributed by atoms with E-state index in [-0.39, 0.29) is 11.2 Å². The zero-order chi connectivity index (χ0) is 13.9. The van der Waals surface area contributed by atoms with Crippen LogP contribution in [0.2, 0.25) is 0 Å². The molecule has 0 spiro atoms. The lowest BCUT2D eigenvalue weighted by molar-refractivity contribution is 0.474. The van der Waals surface area contributed by atoms with Crippen molar-refractivity contribution in [2.45, 2.75) is 19.3 Å². The molecule has 0 saturated heterocycles. The third-order valence-electron chi connectivity index (χ3n) is 3.33. The third kappa shape index (κ3) is 2.69. The minimum Gasteiger partial charge on any atom is -0.508 e. The van der Waals surface area contributed by atoms with Crippen molar-refractivity contribution in [3.8, 4) is 17.8 Å². The Morgan fingerprint density at radius 1 is 0.947 bits per heavy atom. The number of nitriles is 1. The lowest BCUT2D eigenvalue weighted by atomic mass is 9.78. The van der Waals surface area contributed by atoms with Crippen molar-refractivity contribution in [1.29, 1.82) is 5.26 Å². The number of phenols is 1. The highest BCUT2D eigenvalue weighted by Gasteiger charge is 2.22. The van der Waals surface area contributed by atoms with Crippen LogP contribution in [0.3, 0.4) is 0 Å². The first-order valence-corrected chi connectivity index (χ1v) is 6.00. The van der Waals surface area contributed by atoms with Gasteiger partial charge >= 0.3 is 0 Å². The number of phenolic OH excluding ortho intramolecular Hbond substituents is 1. The van der Waals surface area contributed by atoms with Gasteiger partial charge < -0.3 is 9.84 Å². The average Bonchev–Trinajstić information content (AvgIpc) is 2.40. The van der Waals surface area contributed by atoms with E-state index in [1.54, 1.807) is 30.5 Å². The van der Waals surface area contributed by atoms with Crippen molar-refractivity contribution in [2.75, 3.05) is 0 Å². The zero-order valence-electron chi connectivity index (χ0n) is 10.9. The monoisotopic (exact) mass is 253 g/mol. The number of rotatable bonds is 3. The fourth-order valence-corrected chi connectivity index (χ4v) is 2.04. The molecular formula is C16H15NO2. The van der Waals surface area contributed by atoms with Crippen LogP contribution < -0.4 is 4.74 Å². The molecule has 3 nitrogen and oxygen atoms in total. The molecule has 3 heteroatoms. The maximum absolute atomic E-state index is 9.34. The number of hydrogen-bond acceptors (Lipinski definition) is 3. The van der Waals surface area contributed by atoms with E-state index < -0.39 is 0 Å². The van der Waals surface area contributed by atoms with Crippen LogP contribution >= 0.6 is 0 Å². The number of aromatic hydroxyl groups is 1. The largest absolute Gasteiger partial charge is 0.508 e. The SMILES string of the molecule is CC(C)(c1ccc(O)cc1)c1ccc(OC#N)cc1. The third-order valence-corrected chi connectivity index (χ3v) is 3.33. The first-order chi connectivity index (χ1) is 9.04. The molecule has 0 aromatic heterocycles. The predicted molar refractivity (Wildman–Crippen MR) is 72.9 cm³/mol. The molecule has 1 N–H and O–H groups in total. The molecule has 0 unspecified atom stereocenters. The Morgan fingerprint density at radius 2 is 1.42 bits per heavy atom.